The minimum absolute atomic E-state index is 0.112. The number of rotatable bonds is 8. The molecular formula is C20H32N2O2. The molecule has 1 aliphatic heterocycles. The van der Waals surface area contributed by atoms with Crippen LogP contribution in [-0.2, 0) is 11.2 Å². The van der Waals surface area contributed by atoms with Crippen LogP contribution in [0.1, 0.15) is 51.5 Å². The zero-order valence-electron chi connectivity index (χ0n) is 15.2. The Morgan fingerprint density at radius 1 is 1.29 bits per heavy atom. The molecule has 1 atom stereocenters. The predicted molar refractivity (Wildman–Crippen MR) is 98.1 cm³/mol. The number of piperidine rings is 1. The second kappa shape index (κ2) is 9.67. The Labute approximate surface area is 146 Å². The third kappa shape index (κ3) is 6.16. The van der Waals surface area contributed by atoms with E-state index in [9.17, 15) is 4.79 Å². The van der Waals surface area contributed by atoms with Gasteiger partial charge in [0.15, 0.2) is 0 Å². The van der Waals surface area contributed by atoms with Crippen LogP contribution in [0.15, 0.2) is 24.3 Å². The Morgan fingerprint density at radius 3 is 2.54 bits per heavy atom. The lowest BCUT2D eigenvalue weighted by Gasteiger charge is -2.32. The fourth-order valence-corrected chi connectivity index (χ4v) is 3.27. The normalized spacial score (nSPS) is 16.9. The Hall–Kier alpha value is -1.55. The molecule has 0 aromatic heterocycles. The number of benzene rings is 1. The number of carbonyl (C=O) groups excluding carboxylic acids is 1. The van der Waals surface area contributed by atoms with Crippen molar-refractivity contribution in [2.24, 2.45) is 11.7 Å². The summed E-state index contributed by atoms with van der Waals surface area (Å²) >= 11 is 0. The highest BCUT2D eigenvalue weighted by Crippen LogP contribution is 2.23. The number of amides is 1. The first kappa shape index (κ1) is 18.8. The zero-order chi connectivity index (χ0) is 17.4. The molecule has 0 saturated carbocycles. The topological polar surface area (TPSA) is 55.6 Å². The molecule has 4 heteroatoms. The number of nitrogens with two attached hydrogens (primary N) is 1. The van der Waals surface area contributed by atoms with Gasteiger partial charge < -0.3 is 15.4 Å². The summed E-state index contributed by atoms with van der Waals surface area (Å²) in [6.07, 6.45) is 5.94. The summed E-state index contributed by atoms with van der Waals surface area (Å²) in [5.41, 5.74) is 7.10. The van der Waals surface area contributed by atoms with Crippen molar-refractivity contribution in [1.29, 1.82) is 0 Å². The van der Waals surface area contributed by atoms with Crippen LogP contribution >= 0.6 is 0 Å². The minimum Gasteiger partial charge on any atom is -0.494 e. The van der Waals surface area contributed by atoms with Gasteiger partial charge in [-0.15, -0.1) is 0 Å². The summed E-state index contributed by atoms with van der Waals surface area (Å²) in [7, 11) is 0. The highest BCUT2D eigenvalue weighted by Gasteiger charge is 2.22. The van der Waals surface area contributed by atoms with Crippen LogP contribution in [0.4, 0.5) is 0 Å². The van der Waals surface area contributed by atoms with Crippen LogP contribution in [0.3, 0.4) is 0 Å². The van der Waals surface area contributed by atoms with Gasteiger partial charge in [0.05, 0.1) is 6.61 Å². The van der Waals surface area contributed by atoms with E-state index in [4.69, 9.17) is 10.5 Å². The van der Waals surface area contributed by atoms with Crippen LogP contribution in [-0.4, -0.2) is 36.5 Å². The lowest BCUT2D eigenvalue weighted by molar-refractivity contribution is -0.132. The molecule has 0 spiro atoms. The molecule has 1 unspecified atom stereocenters. The molecule has 1 fully saturated rings. The van der Waals surface area contributed by atoms with Crippen molar-refractivity contribution in [3.8, 4) is 5.75 Å². The molecule has 0 aliphatic carbocycles. The van der Waals surface area contributed by atoms with E-state index in [1.165, 1.54) is 12.0 Å². The number of carbonyl (C=O) groups is 1. The molecule has 4 nitrogen and oxygen atoms in total. The summed E-state index contributed by atoms with van der Waals surface area (Å²) < 4.78 is 5.48. The smallest absolute Gasteiger partial charge is 0.222 e. The SMILES string of the molecule is CCOc1ccc(CCC2CCN(C(=O)CCC(C)N)CC2)cc1. The van der Waals surface area contributed by atoms with Gasteiger partial charge in [-0.2, -0.15) is 0 Å². The summed E-state index contributed by atoms with van der Waals surface area (Å²) in [4.78, 5) is 14.2. The van der Waals surface area contributed by atoms with Gasteiger partial charge in [-0.05, 0) is 69.6 Å². The van der Waals surface area contributed by atoms with Gasteiger partial charge in [-0.3, -0.25) is 4.79 Å². The summed E-state index contributed by atoms with van der Waals surface area (Å²) in [5.74, 6) is 1.95. The first-order valence-electron chi connectivity index (χ1n) is 9.33. The van der Waals surface area contributed by atoms with Crippen LogP contribution in [0, 0.1) is 5.92 Å². The molecule has 1 saturated heterocycles. The van der Waals surface area contributed by atoms with Crippen molar-refractivity contribution >= 4 is 5.91 Å². The monoisotopic (exact) mass is 332 g/mol. The maximum atomic E-state index is 12.1. The van der Waals surface area contributed by atoms with Gasteiger partial charge in [0, 0.05) is 25.6 Å². The quantitative estimate of drug-likeness (QED) is 0.794. The number of nitrogens with zero attached hydrogens (tertiary/aromatic N) is 1. The Bertz CT molecular complexity index is 491. The summed E-state index contributed by atoms with van der Waals surface area (Å²) in [6.45, 7) is 6.49. The van der Waals surface area contributed by atoms with Gasteiger partial charge in [0.1, 0.15) is 5.75 Å². The van der Waals surface area contributed by atoms with E-state index in [2.05, 4.69) is 24.3 Å². The summed E-state index contributed by atoms with van der Waals surface area (Å²) in [5, 5.41) is 0. The summed E-state index contributed by atoms with van der Waals surface area (Å²) in [6, 6.07) is 8.55. The number of aryl methyl sites for hydroxylation is 1. The average molecular weight is 332 g/mol. The molecule has 1 aliphatic rings. The molecule has 1 amide bonds. The zero-order valence-corrected chi connectivity index (χ0v) is 15.2. The minimum atomic E-state index is 0.112. The molecule has 134 valence electrons. The van der Waals surface area contributed by atoms with Gasteiger partial charge in [-0.1, -0.05) is 12.1 Å². The maximum Gasteiger partial charge on any atom is 0.222 e. The van der Waals surface area contributed by atoms with Crippen LogP contribution < -0.4 is 10.5 Å². The van der Waals surface area contributed by atoms with Crippen molar-refractivity contribution in [3.63, 3.8) is 0 Å². The fraction of sp³-hybridized carbons (Fsp3) is 0.650. The third-order valence-electron chi connectivity index (χ3n) is 4.86. The lowest BCUT2D eigenvalue weighted by atomic mass is 9.90. The van der Waals surface area contributed by atoms with Crippen LogP contribution in [0.2, 0.25) is 0 Å². The highest BCUT2D eigenvalue weighted by molar-refractivity contribution is 5.76. The standard InChI is InChI=1S/C20H32N2O2/c1-3-24-19-9-7-17(8-10-19)5-6-18-12-14-22(15-13-18)20(23)11-4-16(2)21/h7-10,16,18H,3-6,11-15,21H2,1-2H3. The number of hydrogen-bond donors (Lipinski definition) is 1. The van der Waals surface area contributed by atoms with Crippen molar-refractivity contribution in [2.75, 3.05) is 19.7 Å². The number of likely N-dealkylation sites (tertiary alicyclic amines) is 1. The first-order valence-corrected chi connectivity index (χ1v) is 9.33. The number of hydrogen-bond acceptors (Lipinski definition) is 3. The van der Waals surface area contributed by atoms with Crippen LogP contribution in [0.5, 0.6) is 5.75 Å². The van der Waals surface area contributed by atoms with E-state index in [0.29, 0.717) is 13.0 Å². The Morgan fingerprint density at radius 2 is 1.96 bits per heavy atom. The lowest BCUT2D eigenvalue weighted by Crippen LogP contribution is -2.39. The molecule has 1 heterocycles. The van der Waals surface area contributed by atoms with E-state index in [1.54, 1.807) is 0 Å². The van der Waals surface area contributed by atoms with E-state index < -0.39 is 0 Å². The van der Waals surface area contributed by atoms with Crippen molar-refractivity contribution in [2.45, 2.75) is 58.4 Å². The van der Waals surface area contributed by atoms with E-state index in [0.717, 1.165) is 50.4 Å². The molecule has 24 heavy (non-hydrogen) atoms. The van der Waals surface area contributed by atoms with Crippen molar-refractivity contribution < 1.29 is 9.53 Å². The van der Waals surface area contributed by atoms with E-state index in [-0.39, 0.29) is 11.9 Å². The largest absolute Gasteiger partial charge is 0.494 e. The van der Waals surface area contributed by atoms with E-state index >= 15 is 0 Å². The number of ether oxygens (including phenoxy) is 1. The van der Waals surface area contributed by atoms with Gasteiger partial charge >= 0.3 is 0 Å². The molecule has 0 bridgehead atoms. The maximum absolute atomic E-state index is 12.1. The first-order chi connectivity index (χ1) is 11.6. The second-order valence-electron chi connectivity index (χ2n) is 6.96. The van der Waals surface area contributed by atoms with Crippen molar-refractivity contribution in [3.05, 3.63) is 29.8 Å². The molecule has 1 aromatic carbocycles. The average Bonchev–Trinajstić information content (AvgIpc) is 2.60. The second-order valence-corrected chi connectivity index (χ2v) is 6.96. The fourth-order valence-electron chi connectivity index (χ4n) is 3.27. The molecule has 2 N–H and O–H groups in total. The molecule has 1 aromatic rings. The highest BCUT2D eigenvalue weighted by atomic mass is 16.5. The predicted octanol–water partition coefficient (Wildman–Crippen LogP) is 3.38. The van der Waals surface area contributed by atoms with Gasteiger partial charge in [0.25, 0.3) is 0 Å². The van der Waals surface area contributed by atoms with Gasteiger partial charge in [0.2, 0.25) is 5.91 Å². The van der Waals surface area contributed by atoms with E-state index in [1.807, 2.05) is 18.7 Å². The molecule has 2 rings (SSSR count). The Balaban J connectivity index is 1.68. The molecular weight excluding hydrogens is 300 g/mol. The van der Waals surface area contributed by atoms with Crippen molar-refractivity contribution in [1.82, 2.24) is 4.90 Å². The van der Waals surface area contributed by atoms with Crippen LogP contribution in [0.25, 0.3) is 0 Å². The molecule has 0 radical (unpaired) electrons. The third-order valence-corrected chi connectivity index (χ3v) is 4.86. The van der Waals surface area contributed by atoms with Gasteiger partial charge in [-0.25, -0.2) is 0 Å². The Kier molecular flexibility index (Phi) is 7.57.